The first-order valence-electron chi connectivity index (χ1n) is 5.77. The van der Waals surface area contributed by atoms with Gasteiger partial charge in [-0.1, -0.05) is 13.8 Å². The summed E-state index contributed by atoms with van der Waals surface area (Å²) < 4.78 is 9.71. The van der Waals surface area contributed by atoms with Gasteiger partial charge in [0, 0.05) is 13.1 Å². The number of rotatable bonds is 3. The first-order chi connectivity index (χ1) is 8.06. The van der Waals surface area contributed by atoms with Crippen LogP contribution in [0.3, 0.4) is 0 Å². The normalized spacial score (nSPS) is 17.8. The van der Waals surface area contributed by atoms with Crippen molar-refractivity contribution in [1.82, 2.24) is 10.2 Å². The lowest BCUT2D eigenvalue weighted by molar-refractivity contribution is -0.138. The molecule has 0 aromatic heterocycles. The van der Waals surface area contributed by atoms with Gasteiger partial charge < -0.3 is 19.7 Å². The zero-order valence-electron chi connectivity index (χ0n) is 10.6. The Kier molecular flexibility index (Phi) is 5.21. The highest BCUT2D eigenvalue weighted by Crippen LogP contribution is 2.08. The second-order valence-corrected chi connectivity index (χ2v) is 4.30. The molecule has 6 nitrogen and oxygen atoms in total. The summed E-state index contributed by atoms with van der Waals surface area (Å²) in [5.41, 5.74) is 0. The predicted octanol–water partition coefficient (Wildman–Crippen LogP) is 0.226. The van der Waals surface area contributed by atoms with Gasteiger partial charge in [0.2, 0.25) is 5.91 Å². The van der Waals surface area contributed by atoms with E-state index in [1.54, 1.807) is 4.90 Å². The van der Waals surface area contributed by atoms with E-state index in [4.69, 9.17) is 4.74 Å². The lowest BCUT2D eigenvalue weighted by Gasteiger charge is -2.31. The van der Waals surface area contributed by atoms with Crippen molar-refractivity contribution in [3.8, 4) is 0 Å². The molecule has 0 aliphatic carbocycles. The summed E-state index contributed by atoms with van der Waals surface area (Å²) in [5, 5.41) is 2.57. The Morgan fingerprint density at radius 1 is 1.29 bits per heavy atom. The maximum absolute atomic E-state index is 12.2. The molecular weight excluding hydrogens is 224 g/mol. The van der Waals surface area contributed by atoms with E-state index in [0.29, 0.717) is 26.3 Å². The number of ether oxygens (including phenoxy) is 2. The van der Waals surface area contributed by atoms with Gasteiger partial charge in [-0.25, -0.2) is 4.79 Å². The molecular formula is C11H20N2O4. The van der Waals surface area contributed by atoms with Crippen LogP contribution in [-0.2, 0) is 14.3 Å². The van der Waals surface area contributed by atoms with Crippen LogP contribution in [0.25, 0.3) is 0 Å². The maximum Gasteiger partial charge on any atom is 0.407 e. The van der Waals surface area contributed by atoms with Crippen molar-refractivity contribution in [2.45, 2.75) is 19.9 Å². The Hall–Kier alpha value is -1.30. The minimum atomic E-state index is -0.578. The van der Waals surface area contributed by atoms with Crippen molar-refractivity contribution in [3.05, 3.63) is 0 Å². The lowest BCUT2D eigenvalue weighted by Crippen LogP contribution is -2.53. The molecule has 1 heterocycles. The smallest absolute Gasteiger partial charge is 0.407 e. The zero-order chi connectivity index (χ0) is 12.8. The fraction of sp³-hybridized carbons (Fsp3) is 0.818. The molecule has 0 aromatic carbocycles. The highest BCUT2D eigenvalue weighted by molar-refractivity contribution is 5.86. The predicted molar refractivity (Wildman–Crippen MR) is 61.6 cm³/mol. The van der Waals surface area contributed by atoms with Crippen LogP contribution < -0.4 is 5.32 Å². The van der Waals surface area contributed by atoms with Gasteiger partial charge in [-0.15, -0.1) is 0 Å². The van der Waals surface area contributed by atoms with Gasteiger partial charge in [0.25, 0.3) is 0 Å². The summed E-state index contributed by atoms with van der Waals surface area (Å²) in [4.78, 5) is 25.1. The van der Waals surface area contributed by atoms with Crippen LogP contribution in [0.2, 0.25) is 0 Å². The fourth-order valence-electron chi connectivity index (χ4n) is 1.68. The van der Waals surface area contributed by atoms with Gasteiger partial charge in [-0.3, -0.25) is 4.79 Å². The molecule has 0 spiro atoms. The SMILES string of the molecule is COC(=O)N[C@@H](C(=O)N1CCOCC1)C(C)C. The molecule has 1 rings (SSSR count). The highest BCUT2D eigenvalue weighted by atomic mass is 16.5. The van der Waals surface area contributed by atoms with Crippen molar-refractivity contribution in [1.29, 1.82) is 0 Å². The van der Waals surface area contributed by atoms with Crippen molar-refractivity contribution < 1.29 is 19.1 Å². The van der Waals surface area contributed by atoms with Gasteiger partial charge >= 0.3 is 6.09 Å². The van der Waals surface area contributed by atoms with Crippen LogP contribution in [0.1, 0.15) is 13.8 Å². The molecule has 2 amide bonds. The van der Waals surface area contributed by atoms with E-state index >= 15 is 0 Å². The van der Waals surface area contributed by atoms with Gasteiger partial charge in [0.1, 0.15) is 6.04 Å². The molecule has 1 N–H and O–H groups in total. The van der Waals surface area contributed by atoms with Crippen molar-refractivity contribution in [3.63, 3.8) is 0 Å². The average molecular weight is 244 g/mol. The number of nitrogens with zero attached hydrogens (tertiary/aromatic N) is 1. The molecule has 1 aliphatic heterocycles. The third-order valence-corrected chi connectivity index (χ3v) is 2.71. The summed E-state index contributed by atoms with van der Waals surface area (Å²) in [6.45, 7) is 6.03. The van der Waals surface area contributed by atoms with Gasteiger partial charge in [0.15, 0.2) is 0 Å². The number of carbonyl (C=O) groups is 2. The van der Waals surface area contributed by atoms with E-state index in [2.05, 4.69) is 10.1 Å². The molecule has 1 atom stereocenters. The minimum Gasteiger partial charge on any atom is -0.453 e. The average Bonchev–Trinajstić information content (AvgIpc) is 2.35. The number of hydrogen-bond acceptors (Lipinski definition) is 4. The molecule has 6 heteroatoms. The van der Waals surface area contributed by atoms with E-state index in [-0.39, 0.29) is 11.8 Å². The number of methoxy groups -OCH3 is 1. The van der Waals surface area contributed by atoms with E-state index in [1.165, 1.54) is 7.11 Å². The van der Waals surface area contributed by atoms with Crippen LogP contribution in [0.5, 0.6) is 0 Å². The third kappa shape index (κ3) is 3.89. The number of morpholine rings is 1. The van der Waals surface area contributed by atoms with Crippen LogP contribution in [0.4, 0.5) is 4.79 Å². The lowest BCUT2D eigenvalue weighted by atomic mass is 10.0. The van der Waals surface area contributed by atoms with Gasteiger partial charge in [-0.2, -0.15) is 0 Å². The second kappa shape index (κ2) is 6.44. The minimum absolute atomic E-state index is 0.0180. The number of carbonyl (C=O) groups excluding carboxylic acids is 2. The quantitative estimate of drug-likeness (QED) is 0.771. The Balaban J connectivity index is 2.62. The van der Waals surface area contributed by atoms with Crippen molar-refractivity contribution in [2.75, 3.05) is 33.4 Å². The van der Waals surface area contributed by atoms with Gasteiger partial charge in [0.05, 0.1) is 20.3 Å². The van der Waals surface area contributed by atoms with Gasteiger partial charge in [-0.05, 0) is 5.92 Å². The van der Waals surface area contributed by atoms with Crippen LogP contribution in [0.15, 0.2) is 0 Å². The molecule has 0 unspecified atom stereocenters. The number of nitrogens with one attached hydrogen (secondary N) is 1. The van der Waals surface area contributed by atoms with Crippen LogP contribution in [-0.4, -0.2) is 56.4 Å². The van der Waals surface area contributed by atoms with Crippen LogP contribution >= 0.6 is 0 Å². The summed E-state index contributed by atoms with van der Waals surface area (Å²) in [6, 6.07) is -0.541. The first-order valence-corrected chi connectivity index (χ1v) is 5.77. The maximum atomic E-state index is 12.2. The summed E-state index contributed by atoms with van der Waals surface area (Å²) >= 11 is 0. The molecule has 17 heavy (non-hydrogen) atoms. The highest BCUT2D eigenvalue weighted by Gasteiger charge is 2.29. The summed E-state index contributed by atoms with van der Waals surface area (Å²) in [5.74, 6) is -0.0573. The molecule has 1 aliphatic rings. The number of alkyl carbamates (subject to hydrolysis) is 1. The number of hydrogen-bond donors (Lipinski definition) is 1. The summed E-state index contributed by atoms with van der Waals surface area (Å²) in [6.07, 6.45) is -0.578. The second-order valence-electron chi connectivity index (χ2n) is 4.30. The Labute approximate surface area is 101 Å². The standard InChI is InChI=1S/C11H20N2O4/c1-8(2)9(12-11(15)16-3)10(14)13-4-6-17-7-5-13/h8-9H,4-7H2,1-3H3,(H,12,15)/t9-/m1/s1. The largest absolute Gasteiger partial charge is 0.453 e. The molecule has 98 valence electrons. The Morgan fingerprint density at radius 2 is 1.88 bits per heavy atom. The molecule has 0 aromatic rings. The van der Waals surface area contributed by atoms with E-state index in [0.717, 1.165) is 0 Å². The third-order valence-electron chi connectivity index (χ3n) is 2.71. The van der Waals surface area contributed by atoms with Crippen molar-refractivity contribution >= 4 is 12.0 Å². The van der Waals surface area contributed by atoms with Crippen LogP contribution in [0, 0.1) is 5.92 Å². The van der Waals surface area contributed by atoms with Crippen molar-refractivity contribution in [2.24, 2.45) is 5.92 Å². The monoisotopic (exact) mass is 244 g/mol. The number of amides is 2. The van der Waals surface area contributed by atoms with E-state index in [9.17, 15) is 9.59 Å². The molecule has 0 radical (unpaired) electrons. The molecule has 1 fully saturated rings. The topological polar surface area (TPSA) is 67.9 Å². The first kappa shape index (κ1) is 13.8. The fourth-order valence-corrected chi connectivity index (χ4v) is 1.68. The van der Waals surface area contributed by atoms with E-state index < -0.39 is 12.1 Å². The Bertz CT molecular complexity index is 275. The van der Waals surface area contributed by atoms with E-state index in [1.807, 2.05) is 13.8 Å². The molecule has 0 saturated carbocycles. The molecule has 1 saturated heterocycles. The zero-order valence-corrected chi connectivity index (χ0v) is 10.6. The Morgan fingerprint density at radius 3 is 2.35 bits per heavy atom. The molecule has 0 bridgehead atoms. The summed E-state index contributed by atoms with van der Waals surface area (Å²) in [7, 11) is 1.28.